The highest BCUT2D eigenvalue weighted by molar-refractivity contribution is 5.76. The number of aliphatic carboxylic acids is 1. The number of rotatable bonds is 7. The van der Waals surface area contributed by atoms with Gasteiger partial charge in [-0.3, -0.25) is 4.79 Å². The maximum Gasteiger partial charge on any atom is 0.310 e. The lowest BCUT2D eigenvalue weighted by Gasteiger charge is -2.13. The fourth-order valence-corrected chi connectivity index (χ4v) is 2.45. The molecule has 0 aromatic heterocycles. The van der Waals surface area contributed by atoms with Crippen molar-refractivity contribution >= 4 is 5.97 Å². The van der Waals surface area contributed by atoms with Gasteiger partial charge in [-0.2, -0.15) is 0 Å². The number of carbonyl (C=O) groups is 1. The van der Waals surface area contributed by atoms with Crippen LogP contribution in [0.3, 0.4) is 0 Å². The standard InChI is InChI=1S/C18H20O3/c1-21-16-11-6-10-15(13-16)17(18(19)20)12-5-9-14-7-3-2-4-8-14/h2-4,6-8,10-11,13,17H,5,9,12H2,1H3,(H,19,20). The molecule has 0 radical (unpaired) electrons. The van der Waals surface area contributed by atoms with E-state index in [1.54, 1.807) is 13.2 Å². The smallest absolute Gasteiger partial charge is 0.310 e. The molecule has 3 nitrogen and oxygen atoms in total. The molecule has 0 saturated carbocycles. The van der Waals surface area contributed by atoms with Gasteiger partial charge in [-0.1, -0.05) is 42.5 Å². The van der Waals surface area contributed by atoms with E-state index in [4.69, 9.17) is 4.74 Å². The highest BCUT2D eigenvalue weighted by atomic mass is 16.5. The molecule has 1 N–H and O–H groups in total. The normalized spacial score (nSPS) is 11.9. The highest BCUT2D eigenvalue weighted by Crippen LogP contribution is 2.25. The Labute approximate surface area is 125 Å². The van der Waals surface area contributed by atoms with Crippen molar-refractivity contribution in [3.05, 3.63) is 65.7 Å². The summed E-state index contributed by atoms with van der Waals surface area (Å²) >= 11 is 0. The number of carboxylic acids is 1. The Morgan fingerprint density at radius 1 is 1.14 bits per heavy atom. The predicted molar refractivity (Wildman–Crippen MR) is 82.8 cm³/mol. The Morgan fingerprint density at radius 2 is 1.90 bits per heavy atom. The van der Waals surface area contributed by atoms with Gasteiger partial charge in [0, 0.05) is 0 Å². The largest absolute Gasteiger partial charge is 0.497 e. The number of carboxylic acid groups (broad SMARTS) is 1. The first-order valence-electron chi connectivity index (χ1n) is 7.11. The van der Waals surface area contributed by atoms with Gasteiger partial charge < -0.3 is 9.84 Å². The predicted octanol–water partition coefficient (Wildman–Crippen LogP) is 3.89. The Hall–Kier alpha value is -2.29. The number of aryl methyl sites for hydroxylation is 1. The maximum atomic E-state index is 11.5. The monoisotopic (exact) mass is 284 g/mol. The van der Waals surface area contributed by atoms with Gasteiger partial charge in [0.2, 0.25) is 0 Å². The Balaban J connectivity index is 2.00. The molecule has 0 aliphatic rings. The number of ether oxygens (including phenoxy) is 1. The van der Waals surface area contributed by atoms with Crippen LogP contribution in [-0.4, -0.2) is 18.2 Å². The van der Waals surface area contributed by atoms with Crippen molar-refractivity contribution in [2.75, 3.05) is 7.11 Å². The summed E-state index contributed by atoms with van der Waals surface area (Å²) < 4.78 is 5.17. The summed E-state index contributed by atoms with van der Waals surface area (Å²) in [6.45, 7) is 0. The molecule has 1 atom stereocenters. The van der Waals surface area contributed by atoms with E-state index in [0.717, 1.165) is 18.4 Å². The minimum Gasteiger partial charge on any atom is -0.497 e. The molecule has 21 heavy (non-hydrogen) atoms. The molecular formula is C18H20O3. The van der Waals surface area contributed by atoms with E-state index in [1.807, 2.05) is 36.4 Å². The summed E-state index contributed by atoms with van der Waals surface area (Å²) in [7, 11) is 1.59. The van der Waals surface area contributed by atoms with Crippen molar-refractivity contribution < 1.29 is 14.6 Å². The van der Waals surface area contributed by atoms with Crippen molar-refractivity contribution in [1.82, 2.24) is 0 Å². The van der Waals surface area contributed by atoms with Crippen LogP contribution in [0.25, 0.3) is 0 Å². The van der Waals surface area contributed by atoms with Gasteiger partial charge in [-0.25, -0.2) is 0 Å². The summed E-state index contributed by atoms with van der Waals surface area (Å²) in [5.41, 5.74) is 2.04. The molecule has 2 aromatic carbocycles. The van der Waals surface area contributed by atoms with E-state index >= 15 is 0 Å². The lowest BCUT2D eigenvalue weighted by molar-refractivity contribution is -0.139. The van der Waals surface area contributed by atoms with Crippen LogP contribution in [-0.2, 0) is 11.2 Å². The summed E-state index contributed by atoms with van der Waals surface area (Å²) in [4.78, 5) is 11.5. The molecule has 0 aliphatic heterocycles. The summed E-state index contributed by atoms with van der Waals surface area (Å²) in [5.74, 6) is -0.568. The van der Waals surface area contributed by atoms with Crippen LogP contribution in [0.1, 0.15) is 29.9 Å². The Morgan fingerprint density at radius 3 is 2.57 bits per heavy atom. The second-order valence-corrected chi connectivity index (χ2v) is 5.05. The molecule has 0 amide bonds. The lowest BCUT2D eigenvalue weighted by atomic mass is 9.92. The van der Waals surface area contributed by atoms with Crippen molar-refractivity contribution in [2.45, 2.75) is 25.2 Å². The number of hydrogen-bond donors (Lipinski definition) is 1. The van der Waals surface area contributed by atoms with Gasteiger partial charge in [-0.05, 0) is 42.5 Å². The van der Waals surface area contributed by atoms with Crippen LogP contribution in [0.2, 0.25) is 0 Å². The Kier molecular flexibility index (Phi) is 5.38. The third kappa shape index (κ3) is 4.35. The Bertz CT molecular complexity index is 578. The van der Waals surface area contributed by atoms with Crippen molar-refractivity contribution in [3.8, 4) is 5.75 Å². The third-order valence-electron chi connectivity index (χ3n) is 3.60. The maximum absolute atomic E-state index is 11.5. The van der Waals surface area contributed by atoms with Gasteiger partial charge in [0.1, 0.15) is 5.75 Å². The van der Waals surface area contributed by atoms with Gasteiger partial charge in [0.25, 0.3) is 0 Å². The average Bonchev–Trinajstić information content (AvgIpc) is 2.52. The lowest BCUT2D eigenvalue weighted by Crippen LogP contribution is -2.12. The first-order valence-corrected chi connectivity index (χ1v) is 7.11. The quantitative estimate of drug-likeness (QED) is 0.839. The second kappa shape index (κ2) is 7.48. The zero-order chi connectivity index (χ0) is 15.1. The number of methoxy groups -OCH3 is 1. The molecule has 0 fully saturated rings. The van der Waals surface area contributed by atoms with E-state index in [9.17, 15) is 9.90 Å². The van der Waals surface area contributed by atoms with Crippen LogP contribution < -0.4 is 4.74 Å². The van der Waals surface area contributed by atoms with Crippen molar-refractivity contribution in [3.63, 3.8) is 0 Å². The van der Waals surface area contributed by atoms with Crippen molar-refractivity contribution in [2.24, 2.45) is 0 Å². The molecule has 2 rings (SSSR count). The molecule has 3 heteroatoms. The van der Waals surface area contributed by atoms with E-state index < -0.39 is 11.9 Å². The molecule has 0 spiro atoms. The molecule has 0 saturated heterocycles. The summed E-state index contributed by atoms with van der Waals surface area (Å²) in [5, 5.41) is 9.45. The topological polar surface area (TPSA) is 46.5 Å². The van der Waals surface area contributed by atoms with Gasteiger partial charge >= 0.3 is 5.97 Å². The molecule has 0 bridgehead atoms. The minimum absolute atomic E-state index is 0.483. The highest BCUT2D eigenvalue weighted by Gasteiger charge is 2.19. The SMILES string of the molecule is COc1cccc(C(CCCc2ccccc2)C(=O)O)c1. The van der Waals surface area contributed by atoms with Gasteiger partial charge in [0.15, 0.2) is 0 Å². The minimum atomic E-state index is -0.781. The molecule has 2 aromatic rings. The fourth-order valence-electron chi connectivity index (χ4n) is 2.45. The molecule has 0 aliphatic carbocycles. The van der Waals surface area contributed by atoms with E-state index in [2.05, 4.69) is 12.1 Å². The molecular weight excluding hydrogens is 264 g/mol. The summed E-state index contributed by atoms with van der Waals surface area (Å²) in [6, 6.07) is 17.5. The van der Waals surface area contributed by atoms with Gasteiger partial charge in [-0.15, -0.1) is 0 Å². The zero-order valence-corrected chi connectivity index (χ0v) is 12.2. The molecule has 1 unspecified atom stereocenters. The van der Waals surface area contributed by atoms with Crippen LogP contribution in [0.15, 0.2) is 54.6 Å². The van der Waals surface area contributed by atoms with E-state index in [1.165, 1.54) is 5.56 Å². The van der Waals surface area contributed by atoms with Crippen LogP contribution in [0.4, 0.5) is 0 Å². The summed E-state index contributed by atoms with van der Waals surface area (Å²) in [6.07, 6.45) is 2.37. The van der Waals surface area contributed by atoms with Crippen LogP contribution in [0.5, 0.6) is 5.75 Å². The van der Waals surface area contributed by atoms with E-state index in [-0.39, 0.29) is 0 Å². The number of hydrogen-bond acceptors (Lipinski definition) is 2. The van der Waals surface area contributed by atoms with Crippen LogP contribution >= 0.6 is 0 Å². The molecule has 110 valence electrons. The van der Waals surface area contributed by atoms with E-state index in [0.29, 0.717) is 12.2 Å². The van der Waals surface area contributed by atoms with Crippen molar-refractivity contribution in [1.29, 1.82) is 0 Å². The first kappa shape index (κ1) is 15.1. The van der Waals surface area contributed by atoms with Gasteiger partial charge in [0.05, 0.1) is 13.0 Å². The zero-order valence-electron chi connectivity index (χ0n) is 12.2. The number of benzene rings is 2. The molecule has 0 heterocycles. The average molecular weight is 284 g/mol. The van der Waals surface area contributed by atoms with Crippen LogP contribution in [0, 0.1) is 0 Å². The first-order chi connectivity index (χ1) is 10.2. The third-order valence-corrected chi connectivity index (χ3v) is 3.60. The second-order valence-electron chi connectivity index (χ2n) is 5.05. The fraction of sp³-hybridized carbons (Fsp3) is 0.278.